The van der Waals surface area contributed by atoms with Crippen molar-refractivity contribution in [1.29, 1.82) is 0 Å². The largest absolute Gasteiger partial charge is 0.497 e. The van der Waals surface area contributed by atoms with E-state index in [-0.39, 0.29) is 23.8 Å². The first-order chi connectivity index (χ1) is 16.8. The van der Waals surface area contributed by atoms with Gasteiger partial charge in [-0.2, -0.15) is 0 Å². The molecule has 0 aromatic heterocycles. The van der Waals surface area contributed by atoms with Crippen molar-refractivity contribution in [3.8, 4) is 5.75 Å². The molecule has 1 fully saturated rings. The van der Waals surface area contributed by atoms with Crippen molar-refractivity contribution in [1.82, 2.24) is 10.2 Å². The molecule has 1 atom stereocenters. The van der Waals surface area contributed by atoms with Gasteiger partial charge < -0.3 is 25.2 Å². The van der Waals surface area contributed by atoms with Crippen LogP contribution in [0.2, 0.25) is 0 Å². The summed E-state index contributed by atoms with van der Waals surface area (Å²) in [4.78, 5) is 43.8. The summed E-state index contributed by atoms with van der Waals surface area (Å²) in [5.41, 5.74) is 1.48. The molecule has 0 bridgehead atoms. The third-order valence-corrected chi connectivity index (χ3v) is 7.68. The molecule has 0 saturated carbocycles. The zero-order chi connectivity index (χ0) is 25.0. The number of piperidine rings is 1. The smallest absolute Gasteiger partial charge is 0.319 e. The minimum atomic E-state index is -0.786. The van der Waals surface area contributed by atoms with Gasteiger partial charge in [0.1, 0.15) is 18.3 Å². The van der Waals surface area contributed by atoms with Crippen LogP contribution in [0.1, 0.15) is 26.7 Å². The number of nitrogens with zero attached hydrogens (tertiary/aromatic N) is 2. The van der Waals surface area contributed by atoms with Gasteiger partial charge in [0.05, 0.1) is 12.8 Å². The topological polar surface area (TPSA) is 91.0 Å². The second kappa shape index (κ2) is 10.6. The lowest BCUT2D eigenvalue weighted by molar-refractivity contribution is -0.133. The summed E-state index contributed by atoms with van der Waals surface area (Å²) in [5, 5.41) is 5.55. The Balaban J connectivity index is 1.48. The molecule has 186 valence electrons. The summed E-state index contributed by atoms with van der Waals surface area (Å²) >= 11 is 1.49. The Morgan fingerprint density at radius 2 is 1.86 bits per heavy atom. The Bertz CT molecular complexity index is 1100. The molecule has 0 aliphatic carbocycles. The maximum Gasteiger partial charge on any atom is 0.319 e. The lowest BCUT2D eigenvalue weighted by atomic mass is 9.82. The molecule has 2 N–H and O–H groups in total. The van der Waals surface area contributed by atoms with Crippen LogP contribution in [0.5, 0.6) is 5.75 Å². The Morgan fingerprint density at radius 1 is 1.11 bits per heavy atom. The summed E-state index contributed by atoms with van der Waals surface area (Å²) in [7, 11) is 1.55. The predicted octanol–water partition coefficient (Wildman–Crippen LogP) is 3.97. The fourth-order valence-electron chi connectivity index (χ4n) is 4.24. The van der Waals surface area contributed by atoms with Crippen LogP contribution in [-0.2, 0) is 9.59 Å². The van der Waals surface area contributed by atoms with Crippen molar-refractivity contribution in [2.45, 2.75) is 37.6 Å². The molecule has 8 nitrogen and oxygen atoms in total. The van der Waals surface area contributed by atoms with E-state index in [0.717, 1.165) is 17.7 Å². The van der Waals surface area contributed by atoms with Crippen LogP contribution in [0, 0.1) is 5.41 Å². The van der Waals surface area contributed by atoms with Crippen LogP contribution < -0.4 is 20.3 Å². The first kappa shape index (κ1) is 24.9. The standard InChI is InChI=1S/C26H32N4O4S/c1-26(2)11-13-29(14-12-26)23(31)16-30-21-9-4-5-10-22(21)35-17-20(24(30)32)28-25(33)27-18-7-6-8-19(15-18)34-3/h4-10,15,20H,11-14,16-17H2,1-3H3,(H2,27,28,33). The second-order valence-electron chi connectivity index (χ2n) is 9.63. The van der Waals surface area contributed by atoms with Crippen LogP contribution in [-0.4, -0.2) is 61.3 Å². The van der Waals surface area contributed by atoms with Gasteiger partial charge in [0.25, 0.3) is 5.91 Å². The van der Waals surface area contributed by atoms with Crippen LogP contribution in [0.3, 0.4) is 0 Å². The molecule has 1 unspecified atom stereocenters. The van der Waals surface area contributed by atoms with Gasteiger partial charge in [-0.25, -0.2) is 4.79 Å². The molecule has 9 heteroatoms. The van der Waals surface area contributed by atoms with Crippen LogP contribution in [0.15, 0.2) is 53.4 Å². The maximum absolute atomic E-state index is 13.6. The first-order valence-corrected chi connectivity index (χ1v) is 12.8. The fourth-order valence-corrected chi connectivity index (χ4v) is 5.32. The Labute approximate surface area is 210 Å². The molecule has 0 spiro atoms. The number of carbonyl (C=O) groups excluding carboxylic acids is 3. The minimum Gasteiger partial charge on any atom is -0.497 e. The van der Waals surface area contributed by atoms with E-state index in [9.17, 15) is 14.4 Å². The van der Waals surface area contributed by atoms with Crippen molar-refractivity contribution in [3.05, 3.63) is 48.5 Å². The van der Waals surface area contributed by atoms with E-state index < -0.39 is 12.1 Å². The van der Waals surface area contributed by atoms with E-state index in [1.165, 1.54) is 16.7 Å². The van der Waals surface area contributed by atoms with Gasteiger partial charge in [0.2, 0.25) is 5.91 Å². The zero-order valence-electron chi connectivity index (χ0n) is 20.4. The molecule has 0 radical (unpaired) electrons. The predicted molar refractivity (Wildman–Crippen MR) is 138 cm³/mol. The SMILES string of the molecule is COc1cccc(NC(=O)NC2CSc3ccccc3N(CC(=O)N3CCC(C)(C)CC3)C2=O)c1. The van der Waals surface area contributed by atoms with Crippen molar-refractivity contribution in [3.63, 3.8) is 0 Å². The number of hydrogen-bond acceptors (Lipinski definition) is 5. The highest BCUT2D eigenvalue weighted by atomic mass is 32.2. The lowest BCUT2D eigenvalue weighted by Gasteiger charge is -2.38. The van der Waals surface area contributed by atoms with Gasteiger partial charge in [0, 0.05) is 35.5 Å². The average Bonchev–Trinajstić information content (AvgIpc) is 2.96. The molecule has 2 aliphatic heterocycles. The summed E-state index contributed by atoms with van der Waals surface area (Å²) in [6, 6.07) is 13.3. The monoisotopic (exact) mass is 496 g/mol. The highest BCUT2D eigenvalue weighted by Gasteiger charge is 2.35. The molecule has 2 aromatic carbocycles. The fraction of sp³-hybridized carbons (Fsp3) is 0.423. The summed E-state index contributed by atoms with van der Waals surface area (Å²) in [6.07, 6.45) is 1.88. The van der Waals surface area contributed by atoms with Crippen LogP contribution in [0.4, 0.5) is 16.2 Å². The van der Waals surface area contributed by atoms with Gasteiger partial charge in [-0.15, -0.1) is 11.8 Å². The van der Waals surface area contributed by atoms with Gasteiger partial charge in [-0.1, -0.05) is 32.0 Å². The van der Waals surface area contributed by atoms with E-state index in [0.29, 0.717) is 36.0 Å². The molecule has 2 heterocycles. The van der Waals surface area contributed by atoms with E-state index in [2.05, 4.69) is 24.5 Å². The number of nitrogens with one attached hydrogen (secondary N) is 2. The van der Waals surface area contributed by atoms with Crippen LogP contribution >= 0.6 is 11.8 Å². The van der Waals surface area contributed by atoms with E-state index >= 15 is 0 Å². The number of anilines is 2. The number of carbonyl (C=O) groups is 3. The third kappa shape index (κ3) is 6.08. The Morgan fingerprint density at radius 3 is 2.60 bits per heavy atom. The average molecular weight is 497 g/mol. The third-order valence-electron chi connectivity index (χ3n) is 6.52. The molecule has 1 saturated heterocycles. The summed E-state index contributed by atoms with van der Waals surface area (Å²) in [6.45, 7) is 5.76. The quantitative estimate of drug-likeness (QED) is 0.654. The lowest BCUT2D eigenvalue weighted by Crippen LogP contribution is -2.53. The number of fused-ring (bicyclic) bond motifs is 1. The molecule has 4 amide bonds. The normalized spacial score (nSPS) is 19.4. The zero-order valence-corrected chi connectivity index (χ0v) is 21.2. The highest BCUT2D eigenvalue weighted by molar-refractivity contribution is 7.99. The number of rotatable bonds is 5. The number of thioether (sulfide) groups is 1. The summed E-state index contributed by atoms with van der Waals surface area (Å²) in [5.74, 6) is 0.610. The molecule has 2 aromatic rings. The molecular weight excluding hydrogens is 464 g/mol. The van der Waals surface area contributed by atoms with Gasteiger partial charge >= 0.3 is 6.03 Å². The Kier molecular flexibility index (Phi) is 7.54. The number of methoxy groups -OCH3 is 1. The highest BCUT2D eigenvalue weighted by Crippen LogP contribution is 2.35. The van der Waals surface area contributed by atoms with Gasteiger partial charge in [-0.3, -0.25) is 9.59 Å². The van der Waals surface area contributed by atoms with Crippen molar-refractivity contribution >= 4 is 41.0 Å². The van der Waals surface area contributed by atoms with E-state index in [1.807, 2.05) is 29.2 Å². The molecule has 4 rings (SSSR count). The second-order valence-corrected chi connectivity index (χ2v) is 10.7. The number of benzene rings is 2. The van der Waals surface area contributed by atoms with Gasteiger partial charge in [-0.05, 0) is 42.5 Å². The van der Waals surface area contributed by atoms with Crippen molar-refractivity contribution in [2.75, 3.05) is 42.7 Å². The maximum atomic E-state index is 13.6. The van der Waals surface area contributed by atoms with Crippen molar-refractivity contribution < 1.29 is 19.1 Å². The molecule has 35 heavy (non-hydrogen) atoms. The van der Waals surface area contributed by atoms with Gasteiger partial charge in [0.15, 0.2) is 0 Å². The van der Waals surface area contributed by atoms with E-state index in [1.54, 1.807) is 31.4 Å². The minimum absolute atomic E-state index is 0.0491. The number of hydrogen-bond donors (Lipinski definition) is 2. The molecule has 2 aliphatic rings. The number of para-hydroxylation sites is 1. The van der Waals surface area contributed by atoms with Crippen molar-refractivity contribution in [2.24, 2.45) is 5.41 Å². The number of ether oxygens (including phenoxy) is 1. The number of likely N-dealkylation sites (tertiary alicyclic amines) is 1. The Hall–Kier alpha value is -3.20. The van der Waals surface area contributed by atoms with E-state index in [4.69, 9.17) is 4.74 Å². The number of urea groups is 1. The van der Waals surface area contributed by atoms with Crippen LogP contribution in [0.25, 0.3) is 0 Å². The summed E-state index contributed by atoms with van der Waals surface area (Å²) < 4.78 is 5.20. The molecular formula is C26H32N4O4S. The first-order valence-electron chi connectivity index (χ1n) is 11.8. The number of amides is 4.